The average molecular weight is 312 g/mol. The van der Waals surface area contributed by atoms with E-state index in [9.17, 15) is 4.39 Å². The molecule has 114 valence electrons. The number of rotatable bonds is 3. The highest BCUT2D eigenvalue weighted by Gasteiger charge is 2.21. The van der Waals surface area contributed by atoms with Crippen molar-refractivity contribution in [3.63, 3.8) is 0 Å². The third-order valence-corrected chi connectivity index (χ3v) is 3.35. The smallest absolute Gasteiger partial charge is 0.199 e. The number of aromatic nitrogens is 6. The molecule has 0 atom stereocenters. The van der Waals surface area contributed by atoms with Crippen LogP contribution in [0, 0.1) is 5.82 Å². The zero-order valence-electron chi connectivity index (χ0n) is 12.6. The lowest BCUT2D eigenvalue weighted by molar-refractivity contribution is 0.310. The molecule has 0 spiro atoms. The minimum Gasteiger partial charge on any atom is -0.379 e. The number of fused-ring (bicyclic) bond motifs is 1. The number of benzene rings is 1. The molecule has 4 aromatic rings. The van der Waals surface area contributed by atoms with Gasteiger partial charge in [-0.3, -0.25) is 0 Å². The van der Waals surface area contributed by atoms with Crippen LogP contribution in [-0.4, -0.2) is 30.1 Å². The Morgan fingerprint density at radius 2 is 2.17 bits per heavy atom. The normalized spacial score (nSPS) is 11.8. The van der Waals surface area contributed by atoms with Crippen molar-refractivity contribution < 1.29 is 10.4 Å². The largest absolute Gasteiger partial charge is 0.379 e. The molecule has 0 amide bonds. The van der Waals surface area contributed by atoms with Crippen molar-refractivity contribution in [2.24, 2.45) is 0 Å². The Morgan fingerprint density at radius 3 is 2.91 bits per heavy atom. The van der Waals surface area contributed by atoms with Gasteiger partial charge in [0.15, 0.2) is 17.3 Å². The van der Waals surface area contributed by atoms with Gasteiger partial charge < -0.3 is 10.3 Å². The van der Waals surface area contributed by atoms with Crippen LogP contribution in [0.1, 0.15) is 7.06 Å². The second-order valence-electron chi connectivity index (χ2n) is 4.78. The van der Waals surface area contributed by atoms with Gasteiger partial charge in [-0.2, -0.15) is 10.2 Å². The highest BCUT2D eigenvalue weighted by molar-refractivity contribution is 5.82. The van der Waals surface area contributed by atoms with Gasteiger partial charge in [0, 0.05) is 6.17 Å². The molecular formula is C14H10FN7O. The first kappa shape index (κ1) is 12.2. The number of nitrogen functional groups attached to an aromatic ring is 1. The number of imidazole rings is 1. The molecule has 1 aromatic carbocycles. The van der Waals surface area contributed by atoms with Crippen LogP contribution in [0.3, 0.4) is 0 Å². The summed E-state index contributed by atoms with van der Waals surface area (Å²) >= 11 is 0. The molecule has 4 rings (SSSR count). The van der Waals surface area contributed by atoms with Crippen LogP contribution in [-0.2, 0) is 6.54 Å². The zero-order chi connectivity index (χ0) is 16.7. The molecule has 0 bridgehead atoms. The number of anilines is 1. The predicted octanol–water partition coefficient (Wildman–Crippen LogP) is 1.65. The van der Waals surface area contributed by atoms with E-state index in [4.69, 9.17) is 7.10 Å². The van der Waals surface area contributed by atoms with Crippen molar-refractivity contribution in [3.8, 4) is 11.5 Å². The lowest BCUT2D eigenvalue weighted by Gasteiger charge is -2.07. The molecule has 0 aliphatic heterocycles. The Kier molecular flexibility index (Phi) is 2.72. The van der Waals surface area contributed by atoms with Gasteiger partial charge in [0.1, 0.15) is 11.3 Å². The number of halogens is 1. The molecule has 3 aromatic heterocycles. The minimum atomic E-state index is -0.439. The zero-order valence-corrected chi connectivity index (χ0v) is 11.6. The number of hydrogen-bond donors (Lipinski definition) is 1. The Morgan fingerprint density at radius 1 is 1.26 bits per heavy atom. The molecule has 8 nitrogen and oxygen atoms in total. The minimum absolute atomic E-state index is 0.0468. The maximum Gasteiger partial charge on any atom is 0.199 e. The lowest BCUT2D eigenvalue weighted by Crippen LogP contribution is -2.06. The number of nitrogens with zero attached hydrogens (tertiary/aromatic N) is 6. The number of hydrogen-bond acceptors (Lipinski definition) is 7. The Labute approximate surface area is 130 Å². The van der Waals surface area contributed by atoms with Crippen molar-refractivity contribution in [2.45, 2.75) is 6.54 Å². The molecule has 0 fully saturated rings. The quantitative estimate of drug-likeness (QED) is 0.612. The molecule has 0 saturated heterocycles. The lowest BCUT2D eigenvalue weighted by atomic mass is 10.3. The Balaban J connectivity index is 1.94. The molecule has 0 saturated carbocycles. The van der Waals surface area contributed by atoms with E-state index in [1.54, 1.807) is 22.8 Å². The molecule has 23 heavy (non-hydrogen) atoms. The van der Waals surface area contributed by atoms with Crippen molar-refractivity contribution in [3.05, 3.63) is 48.0 Å². The van der Waals surface area contributed by atoms with Gasteiger partial charge in [-0.15, -0.1) is 0 Å². The summed E-state index contributed by atoms with van der Waals surface area (Å²) in [5.74, 6) is -0.0727. The summed E-state index contributed by atoms with van der Waals surface area (Å²) in [7, 11) is 0. The second kappa shape index (κ2) is 5.13. The third-order valence-electron chi connectivity index (χ3n) is 3.35. The first-order valence-corrected chi connectivity index (χ1v) is 6.66. The summed E-state index contributed by atoms with van der Waals surface area (Å²) in [5.41, 5.74) is 7.22. The summed E-state index contributed by atoms with van der Waals surface area (Å²) in [6.07, 6.45) is 0.0468. The van der Waals surface area contributed by atoms with Crippen LogP contribution in [0.5, 0.6) is 0 Å². The monoisotopic (exact) mass is 312 g/mol. The maximum absolute atomic E-state index is 14.4. The fraction of sp³-hybridized carbons (Fsp3) is 0.0714. The topological polar surface area (TPSA) is 109 Å². The van der Waals surface area contributed by atoms with E-state index in [-0.39, 0.29) is 29.7 Å². The molecule has 0 aliphatic rings. The van der Waals surface area contributed by atoms with Crippen LogP contribution >= 0.6 is 0 Å². The van der Waals surface area contributed by atoms with Crippen LogP contribution in [0.4, 0.5) is 10.2 Å². The van der Waals surface area contributed by atoms with Gasteiger partial charge in [0.05, 0.1) is 19.1 Å². The molecule has 3 heterocycles. The second-order valence-corrected chi connectivity index (χ2v) is 4.78. The van der Waals surface area contributed by atoms with E-state index in [1.807, 2.05) is 0 Å². The maximum atomic E-state index is 14.4. The molecule has 2 N–H and O–H groups in total. The van der Waals surface area contributed by atoms with E-state index in [0.29, 0.717) is 17.0 Å². The van der Waals surface area contributed by atoms with E-state index in [0.717, 1.165) is 0 Å². The van der Waals surface area contributed by atoms with Crippen molar-refractivity contribution >= 4 is 16.9 Å². The fourth-order valence-electron chi connectivity index (χ4n) is 2.37. The molecular weight excluding hydrogens is 301 g/mol. The standard InChI is InChI=1S/C14H10FN7O/c15-9-4-1-5-10-12(9)22(7-8-3-2-6-17-19-8)14(18-10)11-13(16)21-23-20-11/h1-6H,7H2,(H2,16,21)/i6D. The first-order valence-electron chi connectivity index (χ1n) is 7.16. The summed E-state index contributed by atoms with van der Waals surface area (Å²) in [4.78, 5) is 4.39. The van der Waals surface area contributed by atoms with E-state index in [1.165, 1.54) is 12.1 Å². The fourth-order valence-corrected chi connectivity index (χ4v) is 2.37. The van der Waals surface area contributed by atoms with Gasteiger partial charge in [-0.1, -0.05) is 6.07 Å². The highest BCUT2D eigenvalue weighted by atomic mass is 19.1. The highest BCUT2D eigenvalue weighted by Crippen LogP contribution is 2.28. The summed E-state index contributed by atoms with van der Waals surface area (Å²) in [6.45, 7) is 0.173. The molecule has 0 aliphatic carbocycles. The average Bonchev–Trinajstić information content (AvgIpc) is 3.14. The van der Waals surface area contributed by atoms with Gasteiger partial charge in [-0.25, -0.2) is 14.0 Å². The van der Waals surface area contributed by atoms with Crippen LogP contribution < -0.4 is 5.73 Å². The number of nitrogens with two attached hydrogens (primary N) is 1. The Hall–Kier alpha value is -3.36. The third kappa shape index (κ3) is 2.18. The predicted molar refractivity (Wildman–Crippen MR) is 78.5 cm³/mol. The molecule has 0 unspecified atom stereocenters. The van der Waals surface area contributed by atoms with E-state index < -0.39 is 5.82 Å². The molecule has 9 heteroatoms. The van der Waals surface area contributed by atoms with Crippen molar-refractivity contribution in [1.82, 2.24) is 30.1 Å². The van der Waals surface area contributed by atoms with Gasteiger partial charge >= 0.3 is 0 Å². The summed E-state index contributed by atoms with van der Waals surface area (Å²) in [5, 5.41) is 14.9. The number of para-hydroxylation sites is 1. The van der Waals surface area contributed by atoms with Gasteiger partial charge in [-0.05, 0) is 34.6 Å². The van der Waals surface area contributed by atoms with Crippen LogP contribution in [0.15, 0.2) is 41.1 Å². The summed E-state index contributed by atoms with van der Waals surface area (Å²) < 4.78 is 27.9. The molecule has 0 radical (unpaired) electrons. The SMILES string of the molecule is [2H]c1ccc(Cn2c(-c3nonc3N)nc3cccc(F)c32)nn1. The van der Waals surface area contributed by atoms with E-state index in [2.05, 4.69) is 30.1 Å². The van der Waals surface area contributed by atoms with Crippen LogP contribution in [0.2, 0.25) is 0 Å². The Bertz CT molecular complexity index is 1030. The van der Waals surface area contributed by atoms with Gasteiger partial charge in [0.2, 0.25) is 0 Å². The first-order chi connectivity index (χ1) is 11.6. The van der Waals surface area contributed by atoms with Crippen molar-refractivity contribution in [2.75, 3.05) is 5.73 Å². The summed E-state index contributed by atoms with van der Waals surface area (Å²) in [6, 6.07) is 7.73. The van der Waals surface area contributed by atoms with Crippen LogP contribution in [0.25, 0.3) is 22.6 Å². The van der Waals surface area contributed by atoms with E-state index >= 15 is 0 Å². The van der Waals surface area contributed by atoms with Crippen molar-refractivity contribution in [1.29, 1.82) is 0 Å². The van der Waals surface area contributed by atoms with Gasteiger partial charge in [0.25, 0.3) is 0 Å².